The van der Waals surface area contributed by atoms with E-state index in [4.69, 9.17) is 27.4 Å². The summed E-state index contributed by atoms with van der Waals surface area (Å²) < 4.78 is 13.6. The lowest BCUT2D eigenvalue weighted by atomic mass is 10.1. The van der Waals surface area contributed by atoms with Crippen molar-refractivity contribution < 1.29 is 9.47 Å². The molecule has 0 spiro atoms. The highest BCUT2D eigenvalue weighted by Gasteiger charge is 2.09. The van der Waals surface area contributed by atoms with Crippen LogP contribution < -0.4 is 20.6 Å². The monoisotopic (exact) mass is 408 g/mol. The molecule has 0 atom stereocenters. The maximum absolute atomic E-state index is 5.98. The summed E-state index contributed by atoms with van der Waals surface area (Å²) in [5, 5.41) is 5.29. The summed E-state index contributed by atoms with van der Waals surface area (Å²) in [5.74, 6) is 1.44. The van der Waals surface area contributed by atoms with E-state index in [-0.39, 0.29) is 5.11 Å². The van der Waals surface area contributed by atoms with Crippen molar-refractivity contribution in [3.05, 3.63) is 72.4 Å². The molecule has 0 aliphatic heterocycles. The van der Waals surface area contributed by atoms with Gasteiger partial charge in [0.25, 0.3) is 0 Å². The summed E-state index contributed by atoms with van der Waals surface area (Å²) in [7, 11) is 1.64. The molecule has 1 heterocycles. The number of nitrogens with two attached hydrogens (primary N) is 1. The fourth-order valence-corrected chi connectivity index (χ4v) is 3.16. The van der Waals surface area contributed by atoms with Crippen molar-refractivity contribution in [3.8, 4) is 11.5 Å². The normalized spacial score (nSPS) is 10.9. The van der Waals surface area contributed by atoms with Crippen molar-refractivity contribution in [3.63, 3.8) is 0 Å². The van der Waals surface area contributed by atoms with Gasteiger partial charge in [-0.3, -0.25) is 5.43 Å². The van der Waals surface area contributed by atoms with E-state index in [0.717, 1.165) is 39.9 Å². The molecule has 3 N–H and O–H groups in total. The van der Waals surface area contributed by atoms with Gasteiger partial charge in [-0.15, -0.1) is 6.58 Å². The van der Waals surface area contributed by atoms with Crippen molar-refractivity contribution in [1.29, 1.82) is 0 Å². The van der Waals surface area contributed by atoms with Crippen LogP contribution >= 0.6 is 12.2 Å². The van der Waals surface area contributed by atoms with Gasteiger partial charge >= 0.3 is 0 Å². The molecular formula is C22H24N4O2S. The largest absolute Gasteiger partial charge is 0.493 e. The van der Waals surface area contributed by atoms with Gasteiger partial charge in [0.15, 0.2) is 16.6 Å². The van der Waals surface area contributed by atoms with Crippen LogP contribution in [-0.2, 0) is 13.0 Å². The van der Waals surface area contributed by atoms with Gasteiger partial charge in [0.2, 0.25) is 0 Å². The maximum atomic E-state index is 5.98. The smallest absolute Gasteiger partial charge is 0.184 e. The first kappa shape index (κ1) is 20.4. The van der Waals surface area contributed by atoms with Gasteiger partial charge in [-0.2, -0.15) is 5.10 Å². The molecule has 3 rings (SSSR count). The predicted octanol–water partition coefficient (Wildman–Crippen LogP) is 3.62. The second-order valence-corrected chi connectivity index (χ2v) is 6.80. The minimum Gasteiger partial charge on any atom is -0.493 e. The second kappa shape index (κ2) is 9.75. The summed E-state index contributed by atoms with van der Waals surface area (Å²) in [6, 6.07) is 14.1. The number of ether oxygens (including phenoxy) is 2. The van der Waals surface area contributed by atoms with E-state index < -0.39 is 0 Å². The number of fused-ring (bicyclic) bond motifs is 1. The number of allylic oxidation sites excluding steroid dienone is 1. The second-order valence-electron chi connectivity index (χ2n) is 6.36. The van der Waals surface area contributed by atoms with Crippen molar-refractivity contribution in [2.24, 2.45) is 10.8 Å². The summed E-state index contributed by atoms with van der Waals surface area (Å²) >= 11 is 4.77. The van der Waals surface area contributed by atoms with Gasteiger partial charge in [0, 0.05) is 22.7 Å². The predicted molar refractivity (Wildman–Crippen MR) is 122 cm³/mol. The summed E-state index contributed by atoms with van der Waals surface area (Å²) in [6.07, 6.45) is 6.40. The maximum Gasteiger partial charge on any atom is 0.184 e. The number of methoxy groups -OCH3 is 1. The first-order valence-electron chi connectivity index (χ1n) is 9.19. The molecule has 150 valence electrons. The molecule has 0 fully saturated rings. The van der Waals surface area contributed by atoms with E-state index in [9.17, 15) is 0 Å². The van der Waals surface area contributed by atoms with Gasteiger partial charge in [0.05, 0.1) is 19.9 Å². The van der Waals surface area contributed by atoms with E-state index in [1.54, 1.807) is 13.3 Å². The number of thiocarbonyl (C=S) groups is 1. The first-order chi connectivity index (χ1) is 14.1. The molecular weight excluding hydrogens is 384 g/mol. The summed E-state index contributed by atoms with van der Waals surface area (Å²) in [6.45, 7) is 4.94. The van der Waals surface area contributed by atoms with Crippen LogP contribution in [0.5, 0.6) is 11.5 Å². The SMILES string of the molecule is C=CCc1ccc(OCCn2cc(C=NNC(N)=S)c3ccccc32)c(OC)c1. The molecule has 0 aliphatic carbocycles. The molecule has 6 nitrogen and oxygen atoms in total. The average molecular weight is 409 g/mol. The molecule has 0 unspecified atom stereocenters. The lowest BCUT2D eigenvalue weighted by Crippen LogP contribution is -2.23. The van der Waals surface area contributed by atoms with Crippen molar-refractivity contribution in [2.45, 2.75) is 13.0 Å². The molecule has 0 amide bonds. The Kier molecular flexibility index (Phi) is 6.86. The van der Waals surface area contributed by atoms with Gasteiger partial charge in [-0.05, 0) is 42.4 Å². The fraction of sp³-hybridized carbons (Fsp3) is 0.182. The third-order valence-electron chi connectivity index (χ3n) is 4.40. The standard InChI is InChI=1S/C22H24N4O2S/c1-3-6-16-9-10-20(21(13-16)27-2)28-12-11-26-15-17(14-24-25-22(23)29)18-7-4-5-8-19(18)26/h3-5,7-10,13-15H,1,6,11-12H2,2H3,(H3,23,25,29). The number of nitrogens with zero attached hydrogens (tertiary/aromatic N) is 2. The number of aromatic nitrogens is 1. The zero-order valence-electron chi connectivity index (χ0n) is 16.3. The van der Waals surface area contributed by atoms with Crippen LogP contribution in [0.15, 0.2) is 66.4 Å². The van der Waals surface area contributed by atoms with E-state index in [2.05, 4.69) is 33.8 Å². The minimum absolute atomic E-state index is 0.131. The number of rotatable bonds is 9. The van der Waals surface area contributed by atoms with Crippen LogP contribution in [0, 0.1) is 0 Å². The van der Waals surface area contributed by atoms with Gasteiger partial charge < -0.3 is 19.8 Å². The van der Waals surface area contributed by atoms with E-state index >= 15 is 0 Å². The third kappa shape index (κ3) is 5.14. The third-order valence-corrected chi connectivity index (χ3v) is 4.49. The highest BCUT2D eigenvalue weighted by Crippen LogP contribution is 2.28. The molecule has 1 aromatic heterocycles. The summed E-state index contributed by atoms with van der Waals surface area (Å²) in [4.78, 5) is 0. The summed E-state index contributed by atoms with van der Waals surface area (Å²) in [5.41, 5.74) is 11.2. The number of benzene rings is 2. The molecule has 3 aromatic rings. The topological polar surface area (TPSA) is 73.8 Å². The Morgan fingerprint density at radius 2 is 2.10 bits per heavy atom. The van der Waals surface area contributed by atoms with E-state index in [0.29, 0.717) is 13.2 Å². The first-order valence-corrected chi connectivity index (χ1v) is 9.60. The van der Waals surface area contributed by atoms with Gasteiger partial charge in [-0.25, -0.2) is 0 Å². The molecule has 0 bridgehead atoms. The van der Waals surface area contributed by atoms with Crippen LogP contribution in [0.2, 0.25) is 0 Å². The average Bonchev–Trinajstić information content (AvgIpc) is 3.07. The molecule has 0 saturated carbocycles. The number of hydrogen-bond acceptors (Lipinski definition) is 4. The van der Waals surface area contributed by atoms with Crippen LogP contribution in [0.25, 0.3) is 10.9 Å². The Balaban J connectivity index is 1.73. The zero-order chi connectivity index (χ0) is 20.6. The number of para-hydroxylation sites is 1. The highest BCUT2D eigenvalue weighted by atomic mass is 32.1. The van der Waals surface area contributed by atoms with Gasteiger partial charge in [-0.1, -0.05) is 30.3 Å². The molecule has 0 aliphatic rings. The van der Waals surface area contributed by atoms with Crippen LogP contribution in [-0.4, -0.2) is 29.6 Å². The lowest BCUT2D eigenvalue weighted by molar-refractivity contribution is 0.281. The molecule has 0 radical (unpaired) electrons. The number of hydrazone groups is 1. The van der Waals surface area contributed by atoms with E-state index in [1.807, 2.05) is 42.6 Å². The molecule has 7 heteroatoms. The van der Waals surface area contributed by atoms with Crippen molar-refractivity contribution >= 4 is 34.4 Å². The number of nitrogens with one attached hydrogen (secondary N) is 1. The quantitative estimate of drug-likeness (QED) is 0.245. The Morgan fingerprint density at radius 3 is 2.86 bits per heavy atom. The highest BCUT2D eigenvalue weighted by molar-refractivity contribution is 7.80. The minimum atomic E-state index is 0.131. The number of hydrogen-bond donors (Lipinski definition) is 2. The Labute approximate surface area is 175 Å². The van der Waals surface area contributed by atoms with Crippen molar-refractivity contribution in [1.82, 2.24) is 9.99 Å². The molecule has 29 heavy (non-hydrogen) atoms. The van der Waals surface area contributed by atoms with Crippen LogP contribution in [0.1, 0.15) is 11.1 Å². The molecule has 2 aromatic carbocycles. The lowest BCUT2D eigenvalue weighted by Gasteiger charge is -2.12. The Morgan fingerprint density at radius 1 is 1.28 bits per heavy atom. The van der Waals surface area contributed by atoms with E-state index in [1.165, 1.54) is 0 Å². The van der Waals surface area contributed by atoms with Crippen LogP contribution in [0.4, 0.5) is 0 Å². The van der Waals surface area contributed by atoms with Crippen molar-refractivity contribution in [2.75, 3.05) is 13.7 Å². The van der Waals surface area contributed by atoms with Crippen LogP contribution in [0.3, 0.4) is 0 Å². The fourth-order valence-electron chi connectivity index (χ4n) is 3.11. The molecule has 0 saturated heterocycles. The Bertz CT molecular complexity index is 1040. The van der Waals surface area contributed by atoms with Gasteiger partial charge in [0.1, 0.15) is 6.61 Å². The Hall–Kier alpha value is -3.32. The zero-order valence-corrected chi connectivity index (χ0v) is 17.1.